The van der Waals surface area contributed by atoms with E-state index in [0.29, 0.717) is 17.7 Å². The second-order valence-electron chi connectivity index (χ2n) is 10.4. The van der Waals surface area contributed by atoms with Gasteiger partial charge in [0.15, 0.2) is 5.78 Å². The van der Waals surface area contributed by atoms with E-state index in [4.69, 9.17) is 15.7 Å². The highest BCUT2D eigenvalue weighted by Gasteiger charge is 2.44. The topological polar surface area (TPSA) is 176 Å². The fourth-order valence-corrected chi connectivity index (χ4v) is 4.37. The zero-order valence-electron chi connectivity index (χ0n) is 23.8. The molecule has 43 heavy (non-hydrogen) atoms. The van der Waals surface area contributed by atoms with E-state index < -0.39 is 41.7 Å². The maximum Gasteiger partial charge on any atom is 0.343 e. The van der Waals surface area contributed by atoms with Gasteiger partial charge in [-0.05, 0) is 54.8 Å². The number of nitrogens with one attached hydrogen (secondary N) is 3. The van der Waals surface area contributed by atoms with E-state index in [9.17, 15) is 19.2 Å². The van der Waals surface area contributed by atoms with Gasteiger partial charge in [0.25, 0.3) is 0 Å². The van der Waals surface area contributed by atoms with Gasteiger partial charge in [-0.2, -0.15) is 5.26 Å². The van der Waals surface area contributed by atoms with Crippen molar-refractivity contribution in [3.05, 3.63) is 82.8 Å². The Hall–Kier alpha value is -5.15. The number of anilines is 2. The van der Waals surface area contributed by atoms with Crippen molar-refractivity contribution >= 4 is 35.2 Å². The molecule has 1 heterocycles. The number of pyridine rings is 1. The van der Waals surface area contributed by atoms with E-state index in [-0.39, 0.29) is 46.4 Å². The van der Waals surface area contributed by atoms with Crippen LogP contribution in [0.15, 0.2) is 54.7 Å². The van der Waals surface area contributed by atoms with E-state index in [1.54, 1.807) is 19.1 Å². The van der Waals surface area contributed by atoms with Crippen molar-refractivity contribution in [2.75, 3.05) is 10.6 Å². The Morgan fingerprint density at radius 1 is 1.14 bits per heavy atom. The number of halogens is 1. The van der Waals surface area contributed by atoms with Gasteiger partial charge in [-0.25, -0.2) is 19.0 Å². The Labute approximate surface area is 247 Å². The third kappa shape index (κ3) is 7.38. The Morgan fingerprint density at radius 2 is 1.91 bits per heavy atom. The van der Waals surface area contributed by atoms with Gasteiger partial charge in [0.05, 0.1) is 22.7 Å². The van der Waals surface area contributed by atoms with Gasteiger partial charge < -0.3 is 21.1 Å². The number of nitriles is 1. The van der Waals surface area contributed by atoms with E-state index in [1.807, 2.05) is 19.9 Å². The average molecular weight is 587 g/mol. The molecule has 3 aromatic rings. The molecule has 1 saturated carbocycles. The fraction of sp³-hybridized carbons (Fsp3) is 0.290. The summed E-state index contributed by atoms with van der Waals surface area (Å²) < 4.78 is 21.0. The van der Waals surface area contributed by atoms with Crippen molar-refractivity contribution in [1.82, 2.24) is 10.3 Å². The van der Waals surface area contributed by atoms with Crippen LogP contribution in [0.2, 0.25) is 0 Å². The number of Topliss-reactive ketones (excluding diaryl/α,β-unsaturated/α-hetero) is 1. The summed E-state index contributed by atoms with van der Waals surface area (Å²) in [5.41, 5.74) is 6.65. The fourth-order valence-electron chi connectivity index (χ4n) is 4.37. The average Bonchev–Trinajstić information content (AvgIpc) is 3.74. The normalized spacial score (nSPS) is 16.0. The second-order valence-corrected chi connectivity index (χ2v) is 10.4. The number of hydrogen-bond acceptors (Lipinski definition) is 8. The molecule has 2 aromatic carbocycles. The van der Waals surface area contributed by atoms with Gasteiger partial charge in [-0.3, -0.25) is 14.9 Å². The van der Waals surface area contributed by atoms with Gasteiger partial charge in [-0.15, -0.1) is 0 Å². The highest BCUT2D eigenvalue weighted by molar-refractivity contribution is 6.01. The van der Waals surface area contributed by atoms with Crippen LogP contribution in [0, 0.1) is 23.1 Å². The van der Waals surface area contributed by atoms with E-state index >= 15 is 4.39 Å². The number of benzene rings is 2. The highest BCUT2D eigenvalue weighted by atomic mass is 19.1. The number of hydrogen-bond donors (Lipinski definition) is 4. The minimum absolute atomic E-state index is 0.00168. The van der Waals surface area contributed by atoms with Crippen LogP contribution >= 0.6 is 0 Å². The molecule has 12 heteroatoms. The van der Waals surface area contributed by atoms with Gasteiger partial charge in [0.2, 0.25) is 5.91 Å². The van der Waals surface area contributed by atoms with Gasteiger partial charge in [-0.1, -0.05) is 26.8 Å². The lowest BCUT2D eigenvalue weighted by Gasteiger charge is -2.17. The molecule has 1 aromatic heterocycles. The third-order valence-corrected chi connectivity index (χ3v) is 6.96. The molecular formula is C31H31FN6O5. The van der Waals surface area contributed by atoms with Crippen molar-refractivity contribution in [3.8, 4) is 11.8 Å². The number of carbonyl (C=O) groups excluding carboxylic acids is 4. The number of nitrogens with two attached hydrogens (primary N) is 1. The molecule has 0 radical (unpaired) electrons. The van der Waals surface area contributed by atoms with Crippen molar-refractivity contribution in [2.24, 2.45) is 11.7 Å². The van der Waals surface area contributed by atoms with E-state index in [0.717, 1.165) is 6.07 Å². The molecule has 0 saturated heterocycles. The predicted octanol–water partition coefficient (Wildman–Crippen LogP) is 4.50. The number of nitrogens with zero attached hydrogens (tertiary/aromatic N) is 2. The zero-order chi connectivity index (χ0) is 31.3. The van der Waals surface area contributed by atoms with Gasteiger partial charge in [0, 0.05) is 35.8 Å². The van der Waals surface area contributed by atoms with Gasteiger partial charge in [0.1, 0.15) is 23.5 Å². The Bertz CT molecular complexity index is 1600. The number of amides is 3. The van der Waals surface area contributed by atoms with E-state index in [1.165, 1.54) is 36.5 Å². The molecule has 4 rings (SSSR count). The van der Waals surface area contributed by atoms with Crippen LogP contribution in [0.25, 0.3) is 0 Å². The first kappa shape index (κ1) is 30.8. The molecule has 2 unspecified atom stereocenters. The zero-order valence-corrected chi connectivity index (χ0v) is 23.8. The summed E-state index contributed by atoms with van der Waals surface area (Å²) in [6.45, 7) is 5.25. The highest BCUT2D eigenvalue weighted by Crippen LogP contribution is 2.47. The van der Waals surface area contributed by atoms with Crippen LogP contribution in [0.1, 0.15) is 71.4 Å². The largest absolute Gasteiger partial charge is 0.422 e. The molecule has 11 nitrogen and oxygen atoms in total. The first-order valence-electron chi connectivity index (χ1n) is 13.7. The molecule has 0 spiro atoms. The summed E-state index contributed by atoms with van der Waals surface area (Å²) in [6, 6.07) is 11.4. The molecule has 1 fully saturated rings. The van der Waals surface area contributed by atoms with Crippen molar-refractivity contribution in [2.45, 2.75) is 51.6 Å². The number of ketones is 1. The number of esters is 1. The summed E-state index contributed by atoms with van der Waals surface area (Å²) >= 11 is 0. The summed E-state index contributed by atoms with van der Waals surface area (Å²) in [7, 11) is 0. The SMILES string of the molecule is CCC(=O)c1ccc(F)c([C@@H]2CC2NC(=O)Nc2ccc(C#N)cn2)c1OC(=O)c1cccc(NC(=O)C(N)C(C)C)c1. The smallest absolute Gasteiger partial charge is 0.343 e. The molecular weight excluding hydrogens is 555 g/mol. The van der Waals surface area contributed by atoms with Crippen molar-refractivity contribution in [1.29, 1.82) is 5.26 Å². The first-order chi connectivity index (χ1) is 20.5. The van der Waals surface area contributed by atoms with E-state index in [2.05, 4.69) is 20.9 Å². The van der Waals surface area contributed by atoms with Crippen LogP contribution in [-0.2, 0) is 4.79 Å². The van der Waals surface area contributed by atoms with Crippen LogP contribution < -0.4 is 26.4 Å². The summed E-state index contributed by atoms with van der Waals surface area (Å²) in [6.07, 6.45) is 1.72. The molecule has 1 aliphatic carbocycles. The quantitative estimate of drug-likeness (QED) is 0.152. The number of carbonyl (C=O) groups is 4. The minimum Gasteiger partial charge on any atom is -0.422 e. The number of rotatable bonds is 10. The van der Waals surface area contributed by atoms with Crippen molar-refractivity contribution < 1.29 is 28.3 Å². The standard InChI is InChI=1S/C31H31FN6O5/c1-4-24(39)20-9-10-22(32)26(21-13-23(21)37-31(42)38-25-11-8-17(14-33)15-35-25)28(20)43-30(41)18-6-5-7-19(12-18)36-29(40)27(34)16(2)3/h5-12,15-16,21,23,27H,4,13,34H2,1-3H3,(H,36,40)(H2,35,37,38,42)/t21-,23?,27?/m1/s1. The summed E-state index contributed by atoms with van der Waals surface area (Å²) in [4.78, 5) is 55.0. The lowest BCUT2D eigenvalue weighted by molar-refractivity contribution is -0.118. The second kappa shape index (κ2) is 13.2. The lowest BCUT2D eigenvalue weighted by Crippen LogP contribution is -2.39. The molecule has 1 aliphatic rings. The Morgan fingerprint density at radius 3 is 2.56 bits per heavy atom. The molecule has 0 aliphatic heterocycles. The third-order valence-electron chi connectivity index (χ3n) is 6.96. The van der Waals surface area contributed by atoms with Crippen LogP contribution in [0.5, 0.6) is 5.75 Å². The lowest BCUT2D eigenvalue weighted by atomic mass is 9.99. The molecule has 3 atom stereocenters. The monoisotopic (exact) mass is 586 g/mol. The van der Waals surface area contributed by atoms with Crippen molar-refractivity contribution in [3.63, 3.8) is 0 Å². The van der Waals surface area contributed by atoms with Crippen LogP contribution in [0.4, 0.5) is 20.7 Å². The van der Waals surface area contributed by atoms with Crippen LogP contribution in [0.3, 0.4) is 0 Å². The van der Waals surface area contributed by atoms with Crippen LogP contribution in [-0.4, -0.2) is 40.8 Å². The molecule has 3 amide bonds. The molecule has 0 bridgehead atoms. The Kier molecular flexibility index (Phi) is 9.47. The number of aromatic nitrogens is 1. The maximum atomic E-state index is 15.3. The summed E-state index contributed by atoms with van der Waals surface area (Å²) in [5, 5.41) is 16.8. The predicted molar refractivity (Wildman–Crippen MR) is 156 cm³/mol. The molecule has 5 N–H and O–H groups in total. The van der Waals surface area contributed by atoms with Gasteiger partial charge >= 0.3 is 12.0 Å². The number of ether oxygens (including phenoxy) is 1. The Balaban J connectivity index is 1.54. The molecule has 222 valence electrons. The number of urea groups is 1. The minimum atomic E-state index is -0.865. The maximum absolute atomic E-state index is 15.3. The summed E-state index contributed by atoms with van der Waals surface area (Å²) in [5.74, 6) is -3.01. The first-order valence-corrected chi connectivity index (χ1v) is 13.7.